The van der Waals surface area contributed by atoms with E-state index in [1.165, 1.54) is 23.0 Å². The summed E-state index contributed by atoms with van der Waals surface area (Å²) < 4.78 is 18.0. The number of pyridine rings is 2. The first-order valence-electron chi connectivity index (χ1n) is 11.7. The first kappa shape index (κ1) is 22.9. The van der Waals surface area contributed by atoms with Crippen molar-refractivity contribution in [2.45, 2.75) is 44.4 Å². The largest absolute Gasteiger partial charge is 0.391 e. The molecule has 0 bridgehead atoms. The molecule has 0 saturated heterocycles. The van der Waals surface area contributed by atoms with Crippen molar-refractivity contribution in [1.29, 1.82) is 0 Å². The SMILES string of the molecule is Cn1nccc1-c1ccc(Cn2cc(C(=O)N[C@H]3CCCC[C@@H]3O)c3ncccc3c2=O)c(F)c1. The number of carbonyl (C=O) groups is 1. The van der Waals surface area contributed by atoms with Crippen LogP contribution in [0.25, 0.3) is 22.2 Å². The number of rotatable bonds is 5. The maximum Gasteiger partial charge on any atom is 0.260 e. The summed E-state index contributed by atoms with van der Waals surface area (Å²) in [7, 11) is 1.78. The Morgan fingerprint density at radius 2 is 2.03 bits per heavy atom. The van der Waals surface area contributed by atoms with E-state index in [-0.39, 0.29) is 34.6 Å². The second-order valence-electron chi connectivity index (χ2n) is 8.95. The maximum atomic E-state index is 15.1. The number of hydrogen-bond donors (Lipinski definition) is 2. The molecule has 1 aromatic carbocycles. The summed E-state index contributed by atoms with van der Waals surface area (Å²) in [6.07, 6.45) is 7.16. The highest BCUT2D eigenvalue weighted by atomic mass is 19.1. The number of aliphatic hydroxyl groups is 1. The minimum absolute atomic E-state index is 0.0481. The number of benzene rings is 1. The molecule has 2 atom stereocenters. The molecular formula is C26H26FN5O3. The van der Waals surface area contributed by atoms with E-state index in [0.29, 0.717) is 24.0 Å². The minimum Gasteiger partial charge on any atom is -0.391 e. The van der Waals surface area contributed by atoms with Crippen LogP contribution < -0.4 is 10.9 Å². The van der Waals surface area contributed by atoms with Crippen LogP contribution in [0.4, 0.5) is 4.39 Å². The van der Waals surface area contributed by atoms with Gasteiger partial charge in [0.15, 0.2) is 0 Å². The quantitative estimate of drug-likeness (QED) is 0.462. The number of aryl methyl sites for hydroxylation is 1. The molecule has 0 spiro atoms. The normalized spacial score (nSPS) is 18.0. The lowest BCUT2D eigenvalue weighted by molar-refractivity contribution is 0.0718. The van der Waals surface area contributed by atoms with Gasteiger partial charge in [-0.15, -0.1) is 0 Å². The highest BCUT2D eigenvalue weighted by Gasteiger charge is 2.26. The number of nitrogens with zero attached hydrogens (tertiary/aromatic N) is 4. The summed E-state index contributed by atoms with van der Waals surface area (Å²) in [5.74, 6) is -0.876. The van der Waals surface area contributed by atoms with Gasteiger partial charge in [0.2, 0.25) is 0 Å². The molecule has 0 radical (unpaired) electrons. The van der Waals surface area contributed by atoms with Crippen molar-refractivity contribution in [2.24, 2.45) is 7.05 Å². The predicted molar refractivity (Wildman–Crippen MR) is 129 cm³/mol. The topological polar surface area (TPSA) is 102 Å². The Bertz CT molecular complexity index is 1460. The number of fused-ring (bicyclic) bond motifs is 1. The third-order valence-electron chi connectivity index (χ3n) is 6.64. The van der Waals surface area contributed by atoms with Gasteiger partial charge in [0.25, 0.3) is 11.5 Å². The van der Waals surface area contributed by atoms with Crippen LogP contribution >= 0.6 is 0 Å². The first-order valence-corrected chi connectivity index (χ1v) is 11.7. The van der Waals surface area contributed by atoms with E-state index in [9.17, 15) is 14.7 Å². The monoisotopic (exact) mass is 475 g/mol. The summed E-state index contributed by atoms with van der Waals surface area (Å²) in [6, 6.07) is 9.50. The van der Waals surface area contributed by atoms with Crippen LogP contribution in [0.2, 0.25) is 0 Å². The van der Waals surface area contributed by atoms with Gasteiger partial charge in [0, 0.05) is 36.8 Å². The molecule has 0 unspecified atom stereocenters. The summed E-state index contributed by atoms with van der Waals surface area (Å²) in [6.45, 7) is -0.0481. The average Bonchev–Trinajstić information content (AvgIpc) is 3.29. The predicted octanol–water partition coefficient (Wildman–Crippen LogP) is 3.02. The summed E-state index contributed by atoms with van der Waals surface area (Å²) in [5.41, 5.74) is 1.89. The fraction of sp³-hybridized carbons (Fsp3) is 0.308. The molecule has 9 heteroatoms. The molecular weight excluding hydrogens is 449 g/mol. The van der Waals surface area contributed by atoms with Crippen molar-refractivity contribution in [3.05, 3.63) is 82.3 Å². The van der Waals surface area contributed by atoms with Crippen LogP contribution in [0, 0.1) is 5.82 Å². The van der Waals surface area contributed by atoms with Gasteiger partial charge in [-0.1, -0.05) is 25.0 Å². The van der Waals surface area contributed by atoms with Crippen LogP contribution in [-0.4, -0.2) is 42.5 Å². The van der Waals surface area contributed by atoms with Crippen molar-refractivity contribution in [3.63, 3.8) is 0 Å². The number of carbonyl (C=O) groups excluding carboxylic acids is 1. The highest BCUT2D eigenvalue weighted by Crippen LogP contribution is 2.23. The summed E-state index contributed by atoms with van der Waals surface area (Å²) in [5, 5.41) is 17.6. The lowest BCUT2D eigenvalue weighted by Gasteiger charge is -2.28. The number of amides is 1. The maximum absolute atomic E-state index is 15.1. The van der Waals surface area contributed by atoms with E-state index in [1.54, 1.807) is 48.3 Å². The number of halogens is 1. The zero-order chi connectivity index (χ0) is 24.5. The Morgan fingerprint density at radius 3 is 2.77 bits per heavy atom. The number of hydrogen-bond acceptors (Lipinski definition) is 5. The van der Waals surface area contributed by atoms with Gasteiger partial charge >= 0.3 is 0 Å². The molecule has 8 nitrogen and oxygen atoms in total. The van der Waals surface area contributed by atoms with Crippen molar-refractivity contribution < 1.29 is 14.3 Å². The van der Waals surface area contributed by atoms with E-state index in [2.05, 4.69) is 15.4 Å². The number of aliphatic hydroxyl groups excluding tert-OH is 1. The van der Waals surface area contributed by atoms with Gasteiger partial charge in [-0.05, 0) is 37.1 Å². The second-order valence-corrected chi connectivity index (χ2v) is 8.95. The lowest BCUT2D eigenvalue weighted by Crippen LogP contribution is -2.45. The van der Waals surface area contributed by atoms with Crippen LogP contribution in [0.5, 0.6) is 0 Å². The van der Waals surface area contributed by atoms with E-state index < -0.39 is 17.8 Å². The summed E-state index contributed by atoms with van der Waals surface area (Å²) >= 11 is 0. The fourth-order valence-electron chi connectivity index (χ4n) is 4.71. The van der Waals surface area contributed by atoms with Crippen LogP contribution in [0.3, 0.4) is 0 Å². The third-order valence-corrected chi connectivity index (χ3v) is 6.64. The molecule has 1 aliphatic carbocycles. The average molecular weight is 476 g/mol. The third kappa shape index (κ3) is 4.46. The number of nitrogens with one attached hydrogen (secondary N) is 1. The zero-order valence-corrected chi connectivity index (χ0v) is 19.3. The van der Waals surface area contributed by atoms with Gasteiger partial charge in [0.05, 0.1) is 40.9 Å². The highest BCUT2D eigenvalue weighted by molar-refractivity contribution is 6.05. The van der Waals surface area contributed by atoms with Gasteiger partial charge in [-0.2, -0.15) is 5.10 Å². The van der Waals surface area contributed by atoms with Gasteiger partial charge in [-0.25, -0.2) is 4.39 Å². The van der Waals surface area contributed by atoms with Gasteiger partial charge in [-0.3, -0.25) is 19.3 Å². The molecule has 1 aliphatic rings. The molecule has 5 rings (SSSR count). The Hall–Kier alpha value is -3.85. The van der Waals surface area contributed by atoms with Crippen molar-refractivity contribution in [3.8, 4) is 11.3 Å². The zero-order valence-electron chi connectivity index (χ0n) is 19.3. The Balaban J connectivity index is 1.50. The molecule has 1 fully saturated rings. The Morgan fingerprint density at radius 1 is 1.20 bits per heavy atom. The number of aromatic nitrogens is 4. The van der Waals surface area contributed by atoms with Crippen molar-refractivity contribution >= 4 is 16.8 Å². The molecule has 35 heavy (non-hydrogen) atoms. The van der Waals surface area contributed by atoms with Crippen LogP contribution in [0.15, 0.2) is 59.8 Å². The Kier molecular flexibility index (Phi) is 6.17. The smallest absolute Gasteiger partial charge is 0.260 e. The van der Waals surface area contributed by atoms with Crippen molar-refractivity contribution in [2.75, 3.05) is 0 Å². The fourth-order valence-corrected chi connectivity index (χ4v) is 4.71. The molecule has 4 aromatic rings. The van der Waals surface area contributed by atoms with E-state index in [0.717, 1.165) is 18.5 Å². The standard InChI is InChI=1S/C26H26FN5O3/c1-31-22(10-12-29-31)16-8-9-17(20(27)13-16)14-32-15-19(24-18(26(32)35)5-4-11-28-24)25(34)30-21-6-2-3-7-23(21)33/h4-5,8-13,15,21,23,33H,2-3,6-7,14H2,1H3,(H,30,34)/t21-,23-/m0/s1. The van der Waals surface area contributed by atoms with E-state index in [4.69, 9.17) is 0 Å². The van der Waals surface area contributed by atoms with Gasteiger partial charge < -0.3 is 15.0 Å². The molecule has 180 valence electrons. The van der Waals surface area contributed by atoms with Crippen LogP contribution in [0.1, 0.15) is 41.6 Å². The molecule has 3 aromatic heterocycles. The molecule has 1 saturated carbocycles. The second kappa shape index (κ2) is 9.42. The first-order chi connectivity index (χ1) is 16.9. The van der Waals surface area contributed by atoms with E-state index >= 15 is 4.39 Å². The van der Waals surface area contributed by atoms with Crippen LogP contribution in [-0.2, 0) is 13.6 Å². The molecule has 1 amide bonds. The molecule has 3 heterocycles. The van der Waals surface area contributed by atoms with Crippen molar-refractivity contribution in [1.82, 2.24) is 24.6 Å². The Labute approximate surface area is 201 Å². The minimum atomic E-state index is -0.607. The summed E-state index contributed by atoms with van der Waals surface area (Å²) in [4.78, 5) is 30.7. The van der Waals surface area contributed by atoms with E-state index in [1.807, 2.05) is 0 Å². The molecule has 0 aliphatic heterocycles. The molecule has 2 N–H and O–H groups in total. The lowest BCUT2D eigenvalue weighted by atomic mass is 9.92. The van der Waals surface area contributed by atoms with Gasteiger partial charge in [0.1, 0.15) is 5.82 Å².